The quantitative estimate of drug-likeness (QED) is 0.789. The number of hydrogen-bond acceptors (Lipinski definition) is 5. The van der Waals surface area contributed by atoms with Crippen molar-refractivity contribution in [2.45, 2.75) is 27.2 Å². The Labute approximate surface area is 128 Å². The summed E-state index contributed by atoms with van der Waals surface area (Å²) in [4.78, 5) is 16.0. The molecule has 108 valence electrons. The maximum atomic E-state index is 4.76. The van der Waals surface area contributed by atoms with Crippen molar-refractivity contribution in [2.24, 2.45) is 0 Å². The number of nitrogens with one attached hydrogen (secondary N) is 1. The highest BCUT2D eigenvalue weighted by atomic mass is 32.1. The van der Waals surface area contributed by atoms with Crippen LogP contribution < -0.4 is 5.32 Å². The summed E-state index contributed by atoms with van der Waals surface area (Å²) in [6, 6.07) is 4.14. The van der Waals surface area contributed by atoms with Gasteiger partial charge in [-0.05, 0) is 38.0 Å². The summed E-state index contributed by atoms with van der Waals surface area (Å²) in [5.74, 6) is 1.69. The van der Waals surface area contributed by atoms with E-state index in [1.165, 1.54) is 10.4 Å². The van der Waals surface area contributed by atoms with Gasteiger partial charge in [-0.2, -0.15) is 0 Å². The van der Waals surface area contributed by atoms with Gasteiger partial charge < -0.3 is 5.32 Å². The predicted molar refractivity (Wildman–Crippen MR) is 88.9 cm³/mol. The lowest BCUT2D eigenvalue weighted by atomic mass is 10.1. The molecule has 0 bridgehead atoms. The fourth-order valence-corrected chi connectivity index (χ4v) is 3.27. The molecule has 3 heterocycles. The summed E-state index contributed by atoms with van der Waals surface area (Å²) < 4.78 is 0. The van der Waals surface area contributed by atoms with Gasteiger partial charge in [-0.3, -0.25) is 4.98 Å². The van der Waals surface area contributed by atoms with Gasteiger partial charge in [0, 0.05) is 29.4 Å². The molecule has 0 radical (unpaired) electrons. The number of hydrogen-bond donors (Lipinski definition) is 1. The van der Waals surface area contributed by atoms with Gasteiger partial charge in [-0.25, -0.2) is 9.97 Å². The first kappa shape index (κ1) is 13.9. The van der Waals surface area contributed by atoms with Crippen LogP contribution in [0.25, 0.3) is 21.6 Å². The van der Waals surface area contributed by atoms with Crippen molar-refractivity contribution in [1.82, 2.24) is 15.0 Å². The molecule has 3 rings (SSSR count). The molecule has 0 unspecified atom stereocenters. The van der Waals surface area contributed by atoms with Gasteiger partial charge in [-0.15, -0.1) is 11.3 Å². The van der Waals surface area contributed by atoms with Crippen LogP contribution in [-0.4, -0.2) is 21.5 Å². The van der Waals surface area contributed by atoms with Gasteiger partial charge in [0.15, 0.2) is 5.82 Å². The van der Waals surface area contributed by atoms with E-state index in [-0.39, 0.29) is 0 Å². The molecule has 5 heteroatoms. The number of rotatable bonds is 4. The predicted octanol–water partition coefficient (Wildman–Crippen LogP) is 4.06. The first-order valence-corrected chi connectivity index (χ1v) is 7.99. The van der Waals surface area contributed by atoms with Crippen LogP contribution in [0.15, 0.2) is 24.5 Å². The normalized spacial score (nSPS) is 11.0. The van der Waals surface area contributed by atoms with Gasteiger partial charge in [0.2, 0.25) is 0 Å². The van der Waals surface area contributed by atoms with Crippen LogP contribution in [0.5, 0.6) is 0 Å². The molecule has 0 aliphatic rings. The van der Waals surface area contributed by atoms with Crippen molar-refractivity contribution in [1.29, 1.82) is 0 Å². The van der Waals surface area contributed by atoms with E-state index in [4.69, 9.17) is 9.97 Å². The highest BCUT2D eigenvalue weighted by Gasteiger charge is 2.13. The average Bonchev–Trinajstić information content (AvgIpc) is 2.88. The summed E-state index contributed by atoms with van der Waals surface area (Å²) >= 11 is 1.71. The van der Waals surface area contributed by atoms with E-state index in [1.54, 1.807) is 17.5 Å². The van der Waals surface area contributed by atoms with Crippen LogP contribution in [0.3, 0.4) is 0 Å². The largest absolute Gasteiger partial charge is 0.370 e. The van der Waals surface area contributed by atoms with Gasteiger partial charge >= 0.3 is 0 Å². The topological polar surface area (TPSA) is 50.7 Å². The van der Waals surface area contributed by atoms with Crippen molar-refractivity contribution in [3.05, 3.63) is 35.0 Å². The monoisotopic (exact) mass is 298 g/mol. The third-order valence-corrected chi connectivity index (χ3v) is 4.33. The van der Waals surface area contributed by atoms with E-state index in [0.717, 1.165) is 40.4 Å². The minimum atomic E-state index is 0.777. The average molecular weight is 298 g/mol. The maximum absolute atomic E-state index is 4.76. The smallest absolute Gasteiger partial charge is 0.163 e. The Morgan fingerprint density at radius 3 is 2.86 bits per heavy atom. The van der Waals surface area contributed by atoms with Crippen molar-refractivity contribution in [3.8, 4) is 11.4 Å². The molecule has 3 aromatic rings. The lowest BCUT2D eigenvalue weighted by Gasteiger charge is -2.09. The Morgan fingerprint density at radius 1 is 1.24 bits per heavy atom. The zero-order valence-corrected chi connectivity index (χ0v) is 13.3. The molecule has 0 saturated carbocycles. The first-order chi connectivity index (χ1) is 10.2. The number of nitrogens with zero attached hydrogens (tertiary/aromatic N) is 3. The number of thiophene rings is 1. The van der Waals surface area contributed by atoms with Crippen molar-refractivity contribution < 1.29 is 0 Å². The SMILES string of the molecule is CCNc1nc(-c2ccncc2CC)nc2sc(C)cc12. The molecule has 21 heavy (non-hydrogen) atoms. The molecule has 0 aromatic carbocycles. The second-order valence-corrected chi connectivity index (χ2v) is 6.12. The zero-order valence-electron chi connectivity index (χ0n) is 12.5. The number of aromatic nitrogens is 3. The second-order valence-electron chi connectivity index (χ2n) is 4.89. The second kappa shape index (κ2) is 5.77. The minimum absolute atomic E-state index is 0.777. The van der Waals surface area contributed by atoms with E-state index in [9.17, 15) is 0 Å². The minimum Gasteiger partial charge on any atom is -0.370 e. The number of anilines is 1. The van der Waals surface area contributed by atoms with Crippen LogP contribution in [0, 0.1) is 6.92 Å². The summed E-state index contributed by atoms with van der Waals surface area (Å²) in [6.07, 6.45) is 4.62. The molecule has 3 aromatic heterocycles. The fourth-order valence-electron chi connectivity index (χ4n) is 2.39. The van der Waals surface area contributed by atoms with E-state index in [2.05, 4.69) is 37.1 Å². The summed E-state index contributed by atoms with van der Waals surface area (Å²) in [5, 5.41) is 4.46. The molecule has 0 saturated heterocycles. The van der Waals surface area contributed by atoms with Gasteiger partial charge in [0.1, 0.15) is 10.6 Å². The van der Waals surface area contributed by atoms with Crippen molar-refractivity contribution >= 4 is 27.4 Å². The Bertz CT molecular complexity index is 779. The molecule has 0 spiro atoms. The third-order valence-electron chi connectivity index (χ3n) is 3.39. The van der Waals surface area contributed by atoms with E-state index in [0.29, 0.717) is 0 Å². The Hall–Kier alpha value is -2.01. The number of fused-ring (bicyclic) bond motifs is 1. The molecular weight excluding hydrogens is 280 g/mol. The molecule has 0 aliphatic heterocycles. The van der Waals surface area contributed by atoms with Crippen molar-refractivity contribution in [3.63, 3.8) is 0 Å². The van der Waals surface area contributed by atoms with Crippen LogP contribution >= 0.6 is 11.3 Å². The van der Waals surface area contributed by atoms with Crippen LogP contribution in [0.1, 0.15) is 24.3 Å². The maximum Gasteiger partial charge on any atom is 0.163 e. The lowest BCUT2D eigenvalue weighted by Crippen LogP contribution is -2.03. The standard InChI is InChI=1S/C16H18N4S/c1-4-11-9-17-7-6-12(11)15-19-14(18-5-2)13-8-10(3)21-16(13)20-15/h6-9H,4-5H2,1-3H3,(H,18,19,20). The van der Waals surface area contributed by atoms with Gasteiger partial charge in [0.25, 0.3) is 0 Å². The molecule has 4 nitrogen and oxygen atoms in total. The molecule has 0 atom stereocenters. The van der Waals surface area contributed by atoms with E-state index >= 15 is 0 Å². The lowest BCUT2D eigenvalue weighted by molar-refractivity contribution is 1.08. The third kappa shape index (κ3) is 2.61. The van der Waals surface area contributed by atoms with Crippen molar-refractivity contribution in [2.75, 3.05) is 11.9 Å². The van der Waals surface area contributed by atoms with Crippen LogP contribution in [-0.2, 0) is 6.42 Å². The number of pyridine rings is 1. The van der Waals surface area contributed by atoms with Gasteiger partial charge in [-0.1, -0.05) is 6.92 Å². The van der Waals surface area contributed by atoms with Crippen LogP contribution in [0.2, 0.25) is 0 Å². The highest BCUT2D eigenvalue weighted by molar-refractivity contribution is 7.18. The summed E-state index contributed by atoms with van der Waals surface area (Å²) in [6.45, 7) is 7.15. The Morgan fingerprint density at radius 2 is 2.10 bits per heavy atom. The first-order valence-electron chi connectivity index (χ1n) is 7.18. The van der Waals surface area contributed by atoms with E-state index in [1.807, 2.05) is 12.3 Å². The Kier molecular flexibility index (Phi) is 3.84. The fraction of sp³-hybridized carbons (Fsp3) is 0.312. The Balaban J connectivity index is 2.23. The molecular formula is C16H18N4S. The number of aryl methyl sites for hydroxylation is 2. The molecule has 0 fully saturated rings. The molecule has 0 aliphatic carbocycles. The zero-order chi connectivity index (χ0) is 14.8. The summed E-state index contributed by atoms with van der Waals surface area (Å²) in [5.41, 5.74) is 2.24. The van der Waals surface area contributed by atoms with E-state index < -0.39 is 0 Å². The molecule has 0 amide bonds. The van der Waals surface area contributed by atoms with Gasteiger partial charge in [0.05, 0.1) is 5.39 Å². The summed E-state index contributed by atoms with van der Waals surface area (Å²) in [7, 11) is 0. The highest BCUT2D eigenvalue weighted by Crippen LogP contribution is 2.31. The van der Waals surface area contributed by atoms with Crippen LogP contribution in [0.4, 0.5) is 5.82 Å². The molecule has 1 N–H and O–H groups in total.